The van der Waals surface area contributed by atoms with Crippen LogP contribution in [0.15, 0.2) is 76.3 Å². The van der Waals surface area contributed by atoms with Crippen LogP contribution in [0.4, 0.5) is 14.9 Å². The number of aromatic nitrogens is 3. The van der Waals surface area contributed by atoms with Crippen LogP contribution in [0.3, 0.4) is 0 Å². The van der Waals surface area contributed by atoms with E-state index in [0.717, 1.165) is 4.57 Å². The van der Waals surface area contributed by atoms with Gasteiger partial charge in [0.15, 0.2) is 5.82 Å². The van der Waals surface area contributed by atoms with Gasteiger partial charge in [0.25, 0.3) is 5.91 Å². The lowest BCUT2D eigenvalue weighted by Gasteiger charge is -2.36. The lowest BCUT2D eigenvalue weighted by atomic mass is 9.89. The van der Waals surface area contributed by atoms with Crippen molar-refractivity contribution >= 4 is 35.4 Å². The number of benzene rings is 3. The van der Waals surface area contributed by atoms with Crippen molar-refractivity contribution < 1.29 is 43.3 Å². The third kappa shape index (κ3) is 8.33. The van der Waals surface area contributed by atoms with E-state index in [4.69, 9.17) is 4.74 Å². The lowest BCUT2D eigenvalue weighted by molar-refractivity contribution is -0.137. The number of imide groups is 1. The van der Waals surface area contributed by atoms with Gasteiger partial charge < -0.3 is 24.7 Å². The minimum absolute atomic E-state index is 0.0584. The number of carbonyl (C=O) groups excluding carboxylic acids is 5. The number of aromatic hydroxyl groups is 2. The van der Waals surface area contributed by atoms with E-state index in [2.05, 4.69) is 20.8 Å². The first-order valence-electron chi connectivity index (χ1n) is 20.8. The van der Waals surface area contributed by atoms with E-state index in [-0.39, 0.29) is 84.1 Å². The van der Waals surface area contributed by atoms with Gasteiger partial charge in [0.2, 0.25) is 17.7 Å². The number of nitrogens with one attached hydrogen (secondary N) is 3. The Balaban J connectivity index is 0.875. The molecule has 1 aliphatic carbocycles. The Morgan fingerprint density at radius 3 is 2.46 bits per heavy atom. The fourth-order valence-corrected chi connectivity index (χ4v) is 8.78. The highest BCUT2D eigenvalue weighted by atomic mass is 19.1. The van der Waals surface area contributed by atoms with Crippen LogP contribution in [0.2, 0.25) is 0 Å². The number of fused-ring (bicyclic) bond motifs is 1. The molecule has 2 fully saturated rings. The van der Waals surface area contributed by atoms with Gasteiger partial charge in [0, 0.05) is 85.6 Å². The maximum Gasteiger partial charge on any atom is 0.416 e. The zero-order chi connectivity index (χ0) is 44.9. The van der Waals surface area contributed by atoms with Gasteiger partial charge in [-0.05, 0) is 73.2 Å². The topological polar surface area (TPSA) is 219 Å². The highest BCUT2D eigenvalue weighted by Gasteiger charge is 2.40. The summed E-state index contributed by atoms with van der Waals surface area (Å²) in [4.78, 5) is 82.5. The number of halogens is 1. The molecule has 4 aromatic rings. The third-order valence-electron chi connectivity index (χ3n) is 12.1. The van der Waals surface area contributed by atoms with Crippen molar-refractivity contribution in [3.05, 3.63) is 110 Å². The summed E-state index contributed by atoms with van der Waals surface area (Å²) in [6.45, 7) is 9.52. The molecule has 0 saturated carbocycles. The van der Waals surface area contributed by atoms with E-state index in [0.29, 0.717) is 77.4 Å². The van der Waals surface area contributed by atoms with Crippen LogP contribution >= 0.6 is 0 Å². The second-order valence-electron chi connectivity index (χ2n) is 16.7. The van der Waals surface area contributed by atoms with E-state index >= 15 is 4.39 Å². The lowest BCUT2D eigenvalue weighted by Crippen LogP contribution is -2.52. The van der Waals surface area contributed by atoms with Gasteiger partial charge in [0.05, 0.1) is 11.3 Å². The van der Waals surface area contributed by atoms with Crippen LogP contribution < -0.4 is 16.3 Å². The first-order valence-corrected chi connectivity index (χ1v) is 20.8. The molecule has 1 aromatic heterocycles. The fraction of sp³-hybridized carbons (Fsp3) is 0.356. The summed E-state index contributed by atoms with van der Waals surface area (Å²) < 4.78 is 22.6. The molecule has 63 heavy (non-hydrogen) atoms. The summed E-state index contributed by atoms with van der Waals surface area (Å²) in [5.41, 5.74) is 3.15. The minimum atomic E-state index is -0.797. The number of allylic oxidation sites excluding steroid dienone is 3. The van der Waals surface area contributed by atoms with Crippen LogP contribution in [0.5, 0.6) is 11.5 Å². The van der Waals surface area contributed by atoms with Gasteiger partial charge in [-0.1, -0.05) is 32.9 Å². The smallest absolute Gasteiger partial charge is 0.416 e. The van der Waals surface area contributed by atoms with Gasteiger partial charge in [-0.3, -0.25) is 34.7 Å². The summed E-state index contributed by atoms with van der Waals surface area (Å²) in [5.74, 6) is -2.26. The number of hydrogen-bond donors (Lipinski definition) is 5. The number of phenolic OH excluding ortho intramolecular Hbond substituents is 2. The SMILES string of the molecule is CC1=C(OC(=O)Nc2cccc3c2CN(C2CCC(=O)NC2=O)C3=O)C(C)CC(C(=O)N2CCN(Cc3ccc(-n4c(-c5cc(C(C)C)c(O)cc5O)n[nH]c4=O)cc3F)CC2)=C1. The molecule has 4 heterocycles. The number of rotatable bonds is 9. The predicted molar refractivity (Wildman–Crippen MR) is 226 cm³/mol. The molecule has 8 rings (SSSR count). The Morgan fingerprint density at radius 1 is 1.00 bits per heavy atom. The monoisotopic (exact) mass is 862 g/mol. The standard InChI is InChI=1S/C45H47FN8O9/c1-23(2)30-19-31(37(56)20-36(30)55)40-49-50-44(61)54(40)28-9-8-26(33(46)18-28)21-51-12-14-52(15-13-51)42(59)27-16-24(3)39(25(4)17-27)63-45(62)47-34-7-5-6-29-32(34)22-53(43(29)60)35-10-11-38(57)48-41(35)58/h5-9,16,18-20,23,25,35,55-56H,10-15,17,21-22H2,1-4H3,(H,47,62)(H,50,61)(H,48,57,58). The molecule has 3 aromatic carbocycles. The molecule has 0 bridgehead atoms. The summed E-state index contributed by atoms with van der Waals surface area (Å²) in [6.07, 6.45) is 1.63. The number of ether oxygens (including phenoxy) is 1. The first-order chi connectivity index (χ1) is 30.1. The average Bonchev–Trinajstić information content (AvgIpc) is 3.79. The number of H-pyrrole nitrogens is 1. The van der Waals surface area contributed by atoms with Crippen LogP contribution in [0.1, 0.15) is 79.9 Å². The predicted octanol–water partition coefficient (Wildman–Crippen LogP) is 4.80. The molecular weight excluding hydrogens is 816 g/mol. The van der Waals surface area contributed by atoms with Crippen molar-refractivity contribution in [3.63, 3.8) is 0 Å². The molecule has 2 atom stereocenters. The zero-order valence-electron chi connectivity index (χ0n) is 35.2. The summed E-state index contributed by atoms with van der Waals surface area (Å²) in [6, 6.07) is 11.3. The highest BCUT2D eigenvalue weighted by Crippen LogP contribution is 2.38. The van der Waals surface area contributed by atoms with Gasteiger partial charge >= 0.3 is 11.8 Å². The van der Waals surface area contributed by atoms with Crippen LogP contribution in [-0.4, -0.2) is 102 Å². The van der Waals surface area contributed by atoms with Crippen molar-refractivity contribution in [2.24, 2.45) is 5.92 Å². The summed E-state index contributed by atoms with van der Waals surface area (Å²) in [5, 5.41) is 32.4. The highest BCUT2D eigenvalue weighted by molar-refractivity contribution is 6.06. The Hall–Kier alpha value is -7.08. The Labute approximate surface area is 360 Å². The molecule has 0 spiro atoms. The fourth-order valence-electron chi connectivity index (χ4n) is 8.78. The van der Waals surface area contributed by atoms with Crippen molar-refractivity contribution in [1.29, 1.82) is 0 Å². The second-order valence-corrected chi connectivity index (χ2v) is 16.7. The number of anilines is 1. The maximum absolute atomic E-state index is 15.7. The first kappa shape index (κ1) is 42.6. The molecule has 328 valence electrons. The van der Waals surface area contributed by atoms with E-state index in [1.165, 1.54) is 17.0 Å². The normalized spacial score (nSPS) is 19.3. The number of hydrogen-bond acceptors (Lipinski definition) is 11. The van der Waals surface area contributed by atoms with Crippen molar-refractivity contribution in [2.45, 2.75) is 72.0 Å². The Kier molecular flexibility index (Phi) is 11.5. The van der Waals surface area contributed by atoms with Gasteiger partial charge in [0.1, 0.15) is 29.1 Å². The van der Waals surface area contributed by atoms with E-state index in [1.54, 1.807) is 54.3 Å². The van der Waals surface area contributed by atoms with Crippen molar-refractivity contribution in [2.75, 3.05) is 31.5 Å². The van der Waals surface area contributed by atoms with Gasteiger partial charge in [-0.2, -0.15) is 5.10 Å². The van der Waals surface area contributed by atoms with Crippen LogP contribution in [0.25, 0.3) is 17.1 Å². The molecule has 2 saturated heterocycles. The number of aromatic amines is 1. The quantitative estimate of drug-likeness (QED) is 0.144. The number of amides is 5. The van der Waals surface area contributed by atoms with Gasteiger partial charge in [-0.15, -0.1) is 0 Å². The Bertz CT molecular complexity index is 2690. The zero-order valence-corrected chi connectivity index (χ0v) is 35.2. The number of piperidine rings is 1. The molecular formula is C45H47FN8O9. The number of carbonyl (C=O) groups is 5. The summed E-state index contributed by atoms with van der Waals surface area (Å²) >= 11 is 0. The number of piperazine rings is 1. The molecule has 5 N–H and O–H groups in total. The molecule has 0 radical (unpaired) electrons. The van der Waals surface area contributed by atoms with E-state index in [9.17, 15) is 39.0 Å². The molecule has 18 heteroatoms. The van der Waals surface area contributed by atoms with Crippen LogP contribution in [0, 0.1) is 11.7 Å². The van der Waals surface area contributed by atoms with Crippen molar-refractivity contribution in [1.82, 2.24) is 34.8 Å². The van der Waals surface area contributed by atoms with E-state index in [1.807, 2.05) is 25.7 Å². The number of nitrogens with zero attached hydrogens (tertiary/aromatic N) is 5. The third-order valence-corrected chi connectivity index (χ3v) is 12.1. The molecule has 3 aliphatic heterocycles. The van der Waals surface area contributed by atoms with E-state index < -0.39 is 29.5 Å². The van der Waals surface area contributed by atoms with Crippen molar-refractivity contribution in [3.8, 4) is 28.6 Å². The minimum Gasteiger partial charge on any atom is -0.508 e. The average molecular weight is 863 g/mol. The van der Waals surface area contributed by atoms with Crippen LogP contribution in [-0.2, 0) is 32.2 Å². The Morgan fingerprint density at radius 2 is 1.76 bits per heavy atom. The molecule has 4 aliphatic rings. The number of phenols is 2. The summed E-state index contributed by atoms with van der Waals surface area (Å²) in [7, 11) is 0. The molecule has 5 amide bonds. The molecule has 2 unspecified atom stereocenters. The molecule has 17 nitrogen and oxygen atoms in total. The maximum atomic E-state index is 15.7. The second kappa shape index (κ2) is 17.0. The largest absolute Gasteiger partial charge is 0.508 e. The van der Waals surface area contributed by atoms with Gasteiger partial charge in [-0.25, -0.2) is 23.6 Å².